The van der Waals surface area contributed by atoms with Crippen molar-refractivity contribution >= 4 is 16.1 Å². The van der Waals surface area contributed by atoms with Gasteiger partial charge in [-0.3, -0.25) is 0 Å². The molecule has 1 aromatic rings. The maximum Gasteiger partial charge on any atom is 0.410 e. The van der Waals surface area contributed by atoms with E-state index in [1.165, 1.54) is 0 Å². The highest BCUT2D eigenvalue weighted by Crippen LogP contribution is 2.14. The Kier molecular flexibility index (Phi) is 5.42. The second kappa shape index (κ2) is 7.11. The number of hydrogen-bond acceptors (Lipinski definition) is 4. The number of nitrogens with one attached hydrogen (secondary N) is 1. The van der Waals surface area contributed by atoms with E-state index in [9.17, 15) is 13.2 Å². The van der Waals surface area contributed by atoms with E-state index in [0.717, 1.165) is 5.56 Å². The predicted molar refractivity (Wildman–Crippen MR) is 84.0 cm³/mol. The number of benzene rings is 1. The lowest BCUT2D eigenvalue weighted by Crippen LogP contribution is -2.37. The molecule has 1 aromatic carbocycles. The minimum atomic E-state index is -3.38. The van der Waals surface area contributed by atoms with Gasteiger partial charge in [0.25, 0.3) is 0 Å². The molecule has 0 aliphatic carbocycles. The molecular formula is C15H22N2O4S. The second-order valence-corrected chi connectivity index (χ2v) is 7.58. The molecule has 0 aromatic heterocycles. The summed E-state index contributed by atoms with van der Waals surface area (Å²) in [6.45, 7) is 4.32. The Labute approximate surface area is 131 Å². The van der Waals surface area contributed by atoms with Crippen LogP contribution in [0.2, 0.25) is 0 Å². The van der Waals surface area contributed by atoms with E-state index in [1.807, 2.05) is 44.2 Å². The number of nitrogens with zero attached hydrogens (tertiary/aromatic N) is 1. The third-order valence-electron chi connectivity index (χ3n) is 3.56. The van der Waals surface area contributed by atoms with Gasteiger partial charge in [0, 0.05) is 12.6 Å². The lowest BCUT2D eigenvalue weighted by Gasteiger charge is -2.16. The molecule has 6 nitrogen and oxygen atoms in total. The van der Waals surface area contributed by atoms with Crippen molar-refractivity contribution < 1.29 is 17.9 Å². The number of carbonyl (C=O) groups is 1. The zero-order chi connectivity index (χ0) is 16.2. The van der Waals surface area contributed by atoms with Crippen LogP contribution in [0.5, 0.6) is 0 Å². The molecule has 7 heteroatoms. The Bertz CT molecular complexity index is 601. The number of aryl methyl sites for hydroxylation is 1. The lowest BCUT2D eigenvalue weighted by molar-refractivity contribution is 0.130. The Balaban J connectivity index is 1.79. The number of cyclic esters (lactones) is 1. The molecule has 1 unspecified atom stereocenters. The van der Waals surface area contributed by atoms with Crippen LogP contribution in [0.1, 0.15) is 19.4 Å². The van der Waals surface area contributed by atoms with Crippen LogP contribution in [0.15, 0.2) is 30.3 Å². The maximum atomic E-state index is 12.0. The van der Waals surface area contributed by atoms with E-state index in [0.29, 0.717) is 13.0 Å². The van der Waals surface area contributed by atoms with E-state index >= 15 is 0 Å². The van der Waals surface area contributed by atoms with Crippen molar-refractivity contribution in [3.8, 4) is 0 Å². The van der Waals surface area contributed by atoms with E-state index in [1.54, 1.807) is 4.90 Å². The topological polar surface area (TPSA) is 75.7 Å². The number of hydrogen-bond donors (Lipinski definition) is 1. The largest absolute Gasteiger partial charge is 0.443 e. The maximum absolute atomic E-state index is 12.0. The van der Waals surface area contributed by atoms with Gasteiger partial charge >= 0.3 is 6.09 Å². The van der Waals surface area contributed by atoms with Crippen molar-refractivity contribution in [2.24, 2.45) is 0 Å². The molecule has 2 rings (SSSR count). The lowest BCUT2D eigenvalue weighted by atomic mass is 10.2. The number of sulfonamides is 1. The van der Waals surface area contributed by atoms with Gasteiger partial charge in [0.2, 0.25) is 10.0 Å². The summed E-state index contributed by atoms with van der Waals surface area (Å²) in [5.74, 6) is 0.0194. The predicted octanol–water partition coefficient (Wildman–Crippen LogP) is 1.38. The fourth-order valence-electron chi connectivity index (χ4n) is 2.26. The molecule has 1 fully saturated rings. The summed E-state index contributed by atoms with van der Waals surface area (Å²) in [4.78, 5) is 13.2. The van der Waals surface area contributed by atoms with Gasteiger partial charge in [-0.2, -0.15) is 0 Å². The molecular weight excluding hydrogens is 304 g/mol. The average molecular weight is 326 g/mol. The van der Waals surface area contributed by atoms with Crippen molar-refractivity contribution in [3.63, 3.8) is 0 Å². The molecule has 1 saturated heterocycles. The molecule has 0 bridgehead atoms. The Morgan fingerprint density at radius 3 is 2.59 bits per heavy atom. The van der Waals surface area contributed by atoms with Crippen LogP contribution in [-0.4, -0.2) is 50.4 Å². The summed E-state index contributed by atoms with van der Waals surface area (Å²) >= 11 is 0. The Hall–Kier alpha value is -1.60. The Morgan fingerprint density at radius 2 is 2.00 bits per heavy atom. The van der Waals surface area contributed by atoms with Crippen LogP contribution in [-0.2, 0) is 21.2 Å². The van der Waals surface area contributed by atoms with Gasteiger partial charge in [0.05, 0.1) is 12.3 Å². The van der Waals surface area contributed by atoms with Crippen LogP contribution in [0.3, 0.4) is 0 Å². The van der Waals surface area contributed by atoms with E-state index in [4.69, 9.17) is 4.74 Å². The highest BCUT2D eigenvalue weighted by atomic mass is 32.2. The van der Waals surface area contributed by atoms with Gasteiger partial charge in [-0.05, 0) is 25.8 Å². The zero-order valence-electron chi connectivity index (χ0n) is 12.9. The third kappa shape index (κ3) is 4.71. The zero-order valence-corrected chi connectivity index (χ0v) is 13.7. The van der Waals surface area contributed by atoms with E-state index in [2.05, 4.69) is 4.72 Å². The number of amides is 1. The fraction of sp³-hybridized carbons (Fsp3) is 0.533. The summed E-state index contributed by atoms with van der Waals surface area (Å²) in [5, 5.41) is 0. The monoisotopic (exact) mass is 326 g/mol. The summed E-state index contributed by atoms with van der Waals surface area (Å²) in [7, 11) is -3.38. The van der Waals surface area contributed by atoms with Gasteiger partial charge in [0.1, 0.15) is 6.10 Å². The van der Waals surface area contributed by atoms with Crippen molar-refractivity contribution in [1.29, 1.82) is 0 Å². The third-order valence-corrected chi connectivity index (χ3v) is 4.91. The highest BCUT2D eigenvalue weighted by Gasteiger charge is 2.33. The van der Waals surface area contributed by atoms with Crippen LogP contribution >= 0.6 is 0 Å². The van der Waals surface area contributed by atoms with Crippen molar-refractivity contribution in [1.82, 2.24) is 9.62 Å². The van der Waals surface area contributed by atoms with Crippen LogP contribution in [0.4, 0.5) is 4.79 Å². The van der Waals surface area contributed by atoms with Crippen LogP contribution in [0.25, 0.3) is 0 Å². The summed E-state index contributed by atoms with van der Waals surface area (Å²) in [5.41, 5.74) is 0.978. The SMILES string of the molecule is CC(C)N1CC(CNS(=O)(=O)CCc2ccccc2)OC1=O. The molecule has 22 heavy (non-hydrogen) atoms. The van der Waals surface area contributed by atoms with Crippen molar-refractivity contribution in [2.75, 3.05) is 18.8 Å². The highest BCUT2D eigenvalue weighted by molar-refractivity contribution is 7.89. The smallest absolute Gasteiger partial charge is 0.410 e. The molecule has 1 aliphatic rings. The first-order chi connectivity index (χ1) is 10.4. The Morgan fingerprint density at radius 1 is 1.32 bits per heavy atom. The number of rotatable bonds is 7. The molecule has 1 N–H and O–H groups in total. The first kappa shape index (κ1) is 16.8. The van der Waals surface area contributed by atoms with E-state index in [-0.39, 0.29) is 24.4 Å². The summed E-state index contributed by atoms with van der Waals surface area (Å²) < 4.78 is 31.7. The first-order valence-corrected chi connectivity index (χ1v) is 9.01. The van der Waals surface area contributed by atoms with Gasteiger partial charge in [0.15, 0.2) is 0 Å². The minimum Gasteiger partial charge on any atom is -0.443 e. The van der Waals surface area contributed by atoms with Gasteiger partial charge in [-0.1, -0.05) is 30.3 Å². The number of carbonyl (C=O) groups excluding carboxylic acids is 1. The van der Waals surface area contributed by atoms with E-state index < -0.39 is 16.1 Å². The van der Waals surface area contributed by atoms with Gasteiger partial charge < -0.3 is 9.64 Å². The molecule has 0 spiro atoms. The first-order valence-electron chi connectivity index (χ1n) is 7.36. The summed E-state index contributed by atoms with van der Waals surface area (Å²) in [6, 6.07) is 9.50. The van der Waals surface area contributed by atoms with Gasteiger partial charge in [-0.25, -0.2) is 17.9 Å². The van der Waals surface area contributed by atoms with Gasteiger partial charge in [-0.15, -0.1) is 0 Å². The van der Waals surface area contributed by atoms with Crippen LogP contribution < -0.4 is 4.72 Å². The number of ether oxygens (including phenoxy) is 1. The normalized spacial score (nSPS) is 18.8. The standard InChI is InChI=1S/C15H22N2O4S/c1-12(2)17-11-14(21-15(17)18)10-16-22(19,20)9-8-13-6-4-3-5-7-13/h3-7,12,14,16H,8-11H2,1-2H3. The van der Waals surface area contributed by atoms with Crippen molar-refractivity contribution in [3.05, 3.63) is 35.9 Å². The second-order valence-electron chi connectivity index (χ2n) is 5.65. The summed E-state index contributed by atoms with van der Waals surface area (Å²) in [6.07, 6.45) is -0.358. The molecule has 1 aliphatic heterocycles. The molecule has 1 atom stereocenters. The minimum absolute atomic E-state index is 0.0194. The average Bonchev–Trinajstić information content (AvgIpc) is 2.86. The van der Waals surface area contributed by atoms with Crippen LogP contribution in [0, 0.1) is 0 Å². The molecule has 122 valence electrons. The molecule has 0 radical (unpaired) electrons. The molecule has 1 amide bonds. The molecule has 0 saturated carbocycles. The van der Waals surface area contributed by atoms with Crippen molar-refractivity contribution in [2.45, 2.75) is 32.4 Å². The quantitative estimate of drug-likeness (QED) is 0.821. The molecule has 1 heterocycles. The fourth-order valence-corrected chi connectivity index (χ4v) is 3.35.